The summed E-state index contributed by atoms with van der Waals surface area (Å²) in [6, 6.07) is 29.3. The Morgan fingerprint density at radius 1 is 0.833 bits per heavy atom. The summed E-state index contributed by atoms with van der Waals surface area (Å²) in [5.74, 6) is 0.565. The van der Waals surface area contributed by atoms with E-state index in [2.05, 4.69) is 70.5 Å². The topological polar surface area (TPSA) is 50.7 Å². The number of hydrogen-bond acceptors (Lipinski definition) is 5. The van der Waals surface area contributed by atoms with Crippen molar-refractivity contribution >= 4 is 28.9 Å². The van der Waals surface area contributed by atoms with Crippen molar-refractivity contribution in [3.05, 3.63) is 111 Å². The summed E-state index contributed by atoms with van der Waals surface area (Å²) in [4.78, 5) is 17.8. The average molecular weight is 497 g/mol. The summed E-state index contributed by atoms with van der Waals surface area (Å²) in [5.41, 5.74) is 3.36. The second kappa shape index (κ2) is 9.46. The van der Waals surface area contributed by atoms with Crippen molar-refractivity contribution in [2.45, 2.75) is 12.7 Å². The molecule has 0 amide bonds. The normalized spacial score (nSPS) is 15.3. The first kappa shape index (κ1) is 22.8. The molecule has 36 heavy (non-hydrogen) atoms. The van der Waals surface area contributed by atoms with Crippen molar-refractivity contribution in [1.29, 1.82) is 0 Å². The van der Waals surface area contributed by atoms with Crippen LogP contribution in [0.1, 0.15) is 17.2 Å². The first-order valence-corrected chi connectivity index (χ1v) is 12.7. The van der Waals surface area contributed by atoms with Crippen LogP contribution < -0.4 is 5.56 Å². The van der Waals surface area contributed by atoms with Gasteiger partial charge in [-0.25, -0.2) is 4.68 Å². The fourth-order valence-corrected chi connectivity index (χ4v) is 5.55. The molecule has 2 aromatic heterocycles. The third-order valence-corrected chi connectivity index (χ3v) is 7.53. The van der Waals surface area contributed by atoms with Crippen LogP contribution in [0.4, 0.5) is 0 Å². The number of benzene rings is 3. The lowest BCUT2D eigenvalue weighted by Crippen LogP contribution is -2.48. The van der Waals surface area contributed by atoms with E-state index in [-0.39, 0.29) is 11.6 Å². The van der Waals surface area contributed by atoms with E-state index in [1.807, 2.05) is 33.3 Å². The van der Waals surface area contributed by atoms with Gasteiger partial charge in [-0.15, -0.1) is 5.10 Å². The number of fused-ring (bicyclic) bond motifs is 3. The maximum atomic E-state index is 12.8. The number of hydrogen-bond donors (Lipinski definition) is 0. The van der Waals surface area contributed by atoms with E-state index < -0.39 is 0 Å². The van der Waals surface area contributed by atoms with Crippen molar-refractivity contribution in [3.63, 3.8) is 0 Å². The minimum atomic E-state index is -0.0632. The molecule has 1 aliphatic rings. The molecule has 5 aromatic rings. The quantitative estimate of drug-likeness (QED) is 0.343. The summed E-state index contributed by atoms with van der Waals surface area (Å²) in [6.07, 6.45) is 0. The highest BCUT2D eigenvalue weighted by Gasteiger charge is 2.27. The lowest BCUT2D eigenvalue weighted by atomic mass is 9.96. The zero-order valence-corrected chi connectivity index (χ0v) is 21.0. The van der Waals surface area contributed by atoms with Gasteiger partial charge < -0.3 is 0 Å². The van der Waals surface area contributed by atoms with Crippen LogP contribution in [-0.2, 0) is 13.7 Å². The predicted molar refractivity (Wildman–Crippen MR) is 145 cm³/mol. The third kappa shape index (κ3) is 3.97. The first-order valence-electron chi connectivity index (χ1n) is 12.3. The lowest BCUT2D eigenvalue weighted by Gasteiger charge is -2.39. The summed E-state index contributed by atoms with van der Waals surface area (Å²) in [6.45, 7) is 4.29. The molecule has 6 rings (SSSR count). The van der Waals surface area contributed by atoms with E-state index in [4.69, 9.17) is 17.3 Å². The molecular weight excluding hydrogens is 468 g/mol. The summed E-state index contributed by atoms with van der Waals surface area (Å²) in [7, 11) is 1.75. The molecule has 1 saturated heterocycles. The molecule has 3 heterocycles. The Labute approximate surface area is 214 Å². The van der Waals surface area contributed by atoms with Gasteiger partial charge in [0.1, 0.15) is 0 Å². The van der Waals surface area contributed by atoms with E-state index in [0.29, 0.717) is 22.6 Å². The Bertz CT molecular complexity index is 1590. The Kier molecular flexibility index (Phi) is 6.00. The van der Waals surface area contributed by atoms with Crippen molar-refractivity contribution in [3.8, 4) is 0 Å². The average Bonchev–Trinajstić information content (AvgIpc) is 3.25. The minimum Gasteiger partial charge on any atom is -0.290 e. The van der Waals surface area contributed by atoms with Gasteiger partial charge >= 0.3 is 0 Å². The van der Waals surface area contributed by atoms with E-state index in [0.717, 1.165) is 31.7 Å². The lowest BCUT2D eigenvalue weighted by molar-refractivity contribution is 0.0845. The number of aromatic nitrogens is 4. The Balaban J connectivity index is 1.26. The fraction of sp³-hybridized carbons (Fsp3) is 0.250. The maximum absolute atomic E-state index is 12.8. The SMILES string of the molecule is Cn1c(=O)c2ccccc2n2c(=S)n(CN3CCN(C(c4ccccc4)c4ccccc4)CC3)nc12. The Hall–Kier alpha value is -3.59. The number of aryl methyl sites for hydroxylation is 1. The van der Waals surface area contributed by atoms with Crippen LogP contribution in [0.15, 0.2) is 89.7 Å². The van der Waals surface area contributed by atoms with Gasteiger partial charge in [-0.3, -0.25) is 23.6 Å². The first-order chi connectivity index (χ1) is 17.6. The second-order valence-electron chi connectivity index (χ2n) is 9.32. The predicted octanol–water partition coefficient (Wildman–Crippen LogP) is 4.08. The van der Waals surface area contributed by atoms with Crippen molar-refractivity contribution in [2.24, 2.45) is 7.05 Å². The van der Waals surface area contributed by atoms with Crippen LogP contribution in [0.3, 0.4) is 0 Å². The van der Waals surface area contributed by atoms with Crippen LogP contribution in [0.25, 0.3) is 16.7 Å². The summed E-state index contributed by atoms with van der Waals surface area (Å²) >= 11 is 5.83. The van der Waals surface area contributed by atoms with Crippen LogP contribution in [0, 0.1) is 4.77 Å². The number of piperazine rings is 1. The van der Waals surface area contributed by atoms with Gasteiger partial charge in [-0.1, -0.05) is 72.8 Å². The summed E-state index contributed by atoms with van der Waals surface area (Å²) < 4.78 is 5.93. The number of para-hydroxylation sites is 1. The fourth-order valence-electron chi connectivity index (χ4n) is 5.27. The van der Waals surface area contributed by atoms with E-state index in [1.165, 1.54) is 11.1 Å². The highest BCUT2D eigenvalue weighted by Crippen LogP contribution is 2.29. The molecule has 0 radical (unpaired) electrons. The van der Waals surface area contributed by atoms with Gasteiger partial charge in [0.15, 0.2) is 0 Å². The van der Waals surface area contributed by atoms with Crippen LogP contribution in [-0.4, -0.2) is 54.7 Å². The van der Waals surface area contributed by atoms with E-state index in [9.17, 15) is 4.79 Å². The second-order valence-corrected chi connectivity index (χ2v) is 9.68. The molecule has 0 N–H and O–H groups in total. The minimum absolute atomic E-state index is 0.0632. The third-order valence-electron chi connectivity index (χ3n) is 7.14. The number of rotatable bonds is 5. The standard InChI is InChI=1S/C28H28N6OS/c1-30-26(35)23-14-8-9-15-24(23)34-27(30)29-33(28(34)36)20-31-16-18-32(19-17-31)25(21-10-4-2-5-11-21)22-12-6-3-7-13-22/h2-15,25H,16-20H2,1H3. The Morgan fingerprint density at radius 2 is 1.42 bits per heavy atom. The molecular formula is C28H28N6OS. The summed E-state index contributed by atoms with van der Waals surface area (Å²) in [5, 5.41) is 5.39. The molecule has 7 nitrogen and oxygen atoms in total. The molecule has 0 spiro atoms. The molecule has 0 saturated carbocycles. The van der Waals surface area contributed by atoms with Gasteiger partial charge in [-0.2, -0.15) is 0 Å². The van der Waals surface area contributed by atoms with Gasteiger partial charge in [0.2, 0.25) is 10.5 Å². The monoisotopic (exact) mass is 496 g/mol. The van der Waals surface area contributed by atoms with Gasteiger partial charge in [0.05, 0.1) is 23.6 Å². The molecule has 182 valence electrons. The molecule has 3 aromatic carbocycles. The van der Waals surface area contributed by atoms with Crippen LogP contribution >= 0.6 is 12.2 Å². The van der Waals surface area contributed by atoms with Crippen LogP contribution in [0.5, 0.6) is 0 Å². The molecule has 1 aliphatic heterocycles. The largest absolute Gasteiger partial charge is 0.290 e. The zero-order chi connectivity index (χ0) is 24.6. The van der Waals surface area contributed by atoms with Crippen molar-refractivity contribution < 1.29 is 0 Å². The van der Waals surface area contributed by atoms with E-state index >= 15 is 0 Å². The molecule has 0 aliphatic carbocycles. The highest BCUT2D eigenvalue weighted by molar-refractivity contribution is 7.71. The van der Waals surface area contributed by atoms with Gasteiger partial charge in [-0.05, 0) is 35.5 Å². The van der Waals surface area contributed by atoms with Crippen LogP contribution in [0.2, 0.25) is 0 Å². The molecule has 0 atom stereocenters. The van der Waals surface area contributed by atoms with Crippen molar-refractivity contribution in [2.75, 3.05) is 26.2 Å². The highest BCUT2D eigenvalue weighted by atomic mass is 32.1. The van der Waals surface area contributed by atoms with Crippen molar-refractivity contribution in [1.82, 2.24) is 28.5 Å². The molecule has 0 unspecified atom stereocenters. The molecule has 1 fully saturated rings. The van der Waals surface area contributed by atoms with Gasteiger partial charge in [0, 0.05) is 33.2 Å². The van der Waals surface area contributed by atoms with E-state index in [1.54, 1.807) is 11.6 Å². The molecule has 8 heteroatoms. The molecule has 0 bridgehead atoms. The number of nitrogens with zero attached hydrogens (tertiary/aromatic N) is 6. The smallest absolute Gasteiger partial charge is 0.262 e. The maximum Gasteiger partial charge on any atom is 0.262 e. The zero-order valence-electron chi connectivity index (χ0n) is 20.2. The Morgan fingerprint density at radius 3 is 2.06 bits per heavy atom. The van der Waals surface area contributed by atoms with Gasteiger partial charge in [0.25, 0.3) is 5.56 Å².